The van der Waals surface area contributed by atoms with Gasteiger partial charge < -0.3 is 31.3 Å². The van der Waals surface area contributed by atoms with Crippen LogP contribution in [0.15, 0.2) is 34.3 Å². The van der Waals surface area contributed by atoms with E-state index >= 15 is 0 Å². The molecule has 5 atom stereocenters. The van der Waals surface area contributed by atoms with Crippen molar-refractivity contribution in [3.05, 3.63) is 35.6 Å². The van der Waals surface area contributed by atoms with Crippen molar-refractivity contribution in [3.8, 4) is 0 Å². The molecule has 0 amide bonds. The molecule has 12 heteroatoms. The lowest BCUT2D eigenvalue weighted by Gasteiger charge is -2.51. The molecule has 0 saturated carbocycles. The van der Waals surface area contributed by atoms with E-state index in [9.17, 15) is 24.6 Å². The summed E-state index contributed by atoms with van der Waals surface area (Å²) in [6.07, 6.45) is -1.18. The van der Waals surface area contributed by atoms with Gasteiger partial charge in [-0.3, -0.25) is 5.21 Å². The number of halogens is 1. The highest BCUT2D eigenvalue weighted by Gasteiger charge is 2.75. The Labute approximate surface area is 164 Å². The Kier molecular flexibility index (Phi) is 4.19. The lowest BCUT2D eigenvalue weighted by molar-refractivity contribution is -0.228. The van der Waals surface area contributed by atoms with Gasteiger partial charge in [0.15, 0.2) is 12.1 Å². The lowest BCUT2D eigenvalue weighted by Crippen LogP contribution is -2.76. The Hall–Kier alpha value is -2.96. The fourth-order valence-corrected chi connectivity index (χ4v) is 4.38. The van der Waals surface area contributed by atoms with Gasteiger partial charge in [0.25, 0.3) is 0 Å². The number of benzene rings is 1. The Morgan fingerprint density at radius 3 is 2.59 bits per heavy atom. The topological polar surface area (TPSA) is 170 Å². The Balaban J connectivity index is 1.72. The first-order chi connectivity index (χ1) is 13.6. The maximum Gasteiger partial charge on any atom is 0.338 e. The van der Waals surface area contributed by atoms with Gasteiger partial charge >= 0.3 is 5.97 Å². The number of aliphatic hydroxyl groups excluding tert-OH is 1. The smallest absolute Gasteiger partial charge is 0.338 e. The first kappa shape index (κ1) is 19.4. The van der Waals surface area contributed by atoms with Crippen LogP contribution >= 0.6 is 0 Å². The van der Waals surface area contributed by atoms with Crippen LogP contribution in [-0.4, -0.2) is 85.9 Å². The summed E-state index contributed by atoms with van der Waals surface area (Å²) in [5.41, 5.74) is 8.24. The van der Waals surface area contributed by atoms with Gasteiger partial charge in [-0.15, -0.1) is 0 Å². The summed E-state index contributed by atoms with van der Waals surface area (Å²) >= 11 is 0. The minimum atomic E-state index is -1.93. The normalized spacial score (nSPS) is 35.7. The van der Waals surface area contributed by atoms with Crippen LogP contribution in [0.4, 0.5) is 4.39 Å². The summed E-state index contributed by atoms with van der Waals surface area (Å²) in [5.74, 6) is -1.69. The average molecular weight is 408 g/mol. The molecule has 3 aliphatic rings. The Bertz CT molecular complexity index is 906. The van der Waals surface area contributed by atoms with E-state index in [0.29, 0.717) is 5.06 Å². The zero-order valence-electron chi connectivity index (χ0n) is 15.4. The Morgan fingerprint density at radius 2 is 1.97 bits per heavy atom. The van der Waals surface area contributed by atoms with E-state index in [1.54, 1.807) is 0 Å². The minimum Gasteiger partial charge on any atom is -0.454 e. The molecule has 3 heterocycles. The van der Waals surface area contributed by atoms with Crippen molar-refractivity contribution in [2.24, 2.45) is 21.5 Å². The molecule has 11 nitrogen and oxygen atoms in total. The number of ether oxygens (including phenoxy) is 1. The van der Waals surface area contributed by atoms with Crippen LogP contribution < -0.4 is 11.5 Å². The number of hydrogen-bond acceptors (Lipinski definition) is 11. The van der Waals surface area contributed by atoms with Gasteiger partial charge in [-0.1, -0.05) is 0 Å². The van der Waals surface area contributed by atoms with E-state index in [0.717, 1.165) is 12.1 Å². The zero-order valence-corrected chi connectivity index (χ0v) is 15.4. The third-order valence-corrected chi connectivity index (χ3v) is 5.81. The average Bonchev–Trinajstić information content (AvgIpc) is 3.08. The van der Waals surface area contributed by atoms with Crippen molar-refractivity contribution in [3.63, 3.8) is 0 Å². The van der Waals surface area contributed by atoms with Gasteiger partial charge in [-0.2, -0.15) is 5.06 Å². The molecule has 0 aliphatic carbocycles. The molecule has 1 aromatic rings. The third kappa shape index (κ3) is 2.42. The van der Waals surface area contributed by atoms with E-state index in [1.807, 2.05) is 0 Å². The van der Waals surface area contributed by atoms with Crippen LogP contribution in [0.5, 0.6) is 0 Å². The largest absolute Gasteiger partial charge is 0.454 e. The van der Waals surface area contributed by atoms with Crippen molar-refractivity contribution in [2.75, 3.05) is 13.2 Å². The highest BCUT2D eigenvalue weighted by molar-refractivity contribution is 5.90. The molecule has 156 valence electrons. The number of aliphatic imine (C=N–C) groups is 2. The monoisotopic (exact) mass is 408 g/mol. The van der Waals surface area contributed by atoms with E-state index in [2.05, 4.69) is 9.98 Å². The molecule has 0 aromatic heterocycles. The van der Waals surface area contributed by atoms with E-state index < -0.39 is 47.8 Å². The summed E-state index contributed by atoms with van der Waals surface area (Å²) in [5, 5.41) is 32.5. The fourth-order valence-electron chi connectivity index (χ4n) is 4.38. The van der Waals surface area contributed by atoms with Crippen LogP contribution in [0.25, 0.3) is 0 Å². The minimum absolute atomic E-state index is 0.0788. The van der Waals surface area contributed by atoms with Crippen LogP contribution in [-0.2, 0) is 4.74 Å². The van der Waals surface area contributed by atoms with Crippen LogP contribution in [0, 0.1) is 5.82 Å². The fraction of sp³-hybridized carbons (Fsp3) is 0.471. The predicted octanol–water partition coefficient (Wildman–Crippen LogP) is -1.81. The second-order valence-electron chi connectivity index (χ2n) is 7.37. The number of nitrogens with zero attached hydrogens (tertiary/aromatic N) is 4. The molecule has 7 N–H and O–H groups in total. The molecule has 1 spiro atoms. The standard InChI is InChI=1S/C17H21FN6O5/c1-16(27)11(29-13(26)8-2-4-9(18)5-3-8)6-23-14(19)21-10(7-25)12-17(16,23)24(28)15(20)22-12/h2-5,10-12,25,27-28H,6-7H2,1H3,(H2,19,21)(H2,20,22). The van der Waals surface area contributed by atoms with Crippen LogP contribution in [0.1, 0.15) is 17.3 Å². The van der Waals surface area contributed by atoms with Gasteiger partial charge in [0.1, 0.15) is 23.5 Å². The molecule has 1 saturated heterocycles. The van der Waals surface area contributed by atoms with E-state index in [4.69, 9.17) is 16.2 Å². The van der Waals surface area contributed by atoms with E-state index in [-0.39, 0.29) is 24.0 Å². The van der Waals surface area contributed by atoms with Gasteiger partial charge in [0.05, 0.1) is 18.7 Å². The highest BCUT2D eigenvalue weighted by atomic mass is 19.1. The van der Waals surface area contributed by atoms with Crippen molar-refractivity contribution in [1.29, 1.82) is 0 Å². The van der Waals surface area contributed by atoms with Crippen molar-refractivity contribution in [1.82, 2.24) is 9.96 Å². The molecule has 3 aliphatic heterocycles. The van der Waals surface area contributed by atoms with Gasteiger partial charge in [0, 0.05) is 0 Å². The molecule has 0 bridgehead atoms. The van der Waals surface area contributed by atoms with Gasteiger partial charge in [0.2, 0.25) is 11.6 Å². The molecule has 1 aromatic carbocycles. The van der Waals surface area contributed by atoms with Crippen molar-refractivity contribution in [2.45, 2.75) is 36.4 Å². The molecule has 1 fully saturated rings. The SMILES string of the molecule is CC1(O)C(OC(=O)c2ccc(F)cc2)CN2C(N)=NC(CO)C3N=C(N)N(O)C321. The van der Waals surface area contributed by atoms with E-state index in [1.165, 1.54) is 24.0 Å². The summed E-state index contributed by atoms with van der Waals surface area (Å²) in [6, 6.07) is 2.87. The predicted molar refractivity (Wildman–Crippen MR) is 97.2 cm³/mol. The summed E-state index contributed by atoms with van der Waals surface area (Å²) in [6.45, 7) is 0.776. The number of rotatable bonds is 3. The number of hydrogen-bond donors (Lipinski definition) is 5. The summed E-state index contributed by atoms with van der Waals surface area (Å²) < 4.78 is 18.6. The first-order valence-corrected chi connectivity index (χ1v) is 8.87. The summed E-state index contributed by atoms with van der Waals surface area (Å²) in [4.78, 5) is 22.2. The molecular formula is C17H21FN6O5. The molecular weight excluding hydrogens is 387 g/mol. The summed E-state index contributed by atoms with van der Waals surface area (Å²) in [7, 11) is 0. The van der Waals surface area contributed by atoms with Gasteiger partial charge in [-0.25, -0.2) is 19.2 Å². The number of guanidine groups is 2. The number of esters is 1. The van der Waals surface area contributed by atoms with Crippen molar-refractivity contribution >= 4 is 17.9 Å². The van der Waals surface area contributed by atoms with Crippen LogP contribution in [0.2, 0.25) is 0 Å². The maximum absolute atomic E-state index is 13.1. The number of nitrogens with two attached hydrogens (primary N) is 2. The molecule has 29 heavy (non-hydrogen) atoms. The number of hydroxylamine groups is 2. The third-order valence-electron chi connectivity index (χ3n) is 5.81. The van der Waals surface area contributed by atoms with Crippen LogP contribution in [0.3, 0.4) is 0 Å². The number of carbonyl (C=O) groups is 1. The number of aliphatic hydroxyl groups is 2. The Morgan fingerprint density at radius 1 is 1.31 bits per heavy atom. The quantitative estimate of drug-likeness (QED) is 0.362. The first-order valence-electron chi connectivity index (χ1n) is 8.87. The maximum atomic E-state index is 13.1. The number of carbonyl (C=O) groups excluding carboxylic acids is 1. The second kappa shape index (κ2) is 6.27. The molecule has 5 unspecified atom stereocenters. The second-order valence-corrected chi connectivity index (χ2v) is 7.37. The van der Waals surface area contributed by atoms with Crippen molar-refractivity contribution < 1.29 is 29.3 Å². The lowest BCUT2D eigenvalue weighted by atomic mass is 9.79. The highest BCUT2D eigenvalue weighted by Crippen LogP contribution is 2.50. The molecule has 4 rings (SSSR count). The van der Waals surface area contributed by atoms with Gasteiger partial charge in [-0.05, 0) is 31.2 Å². The zero-order chi connectivity index (χ0) is 21.1. The molecule has 0 radical (unpaired) electrons.